The smallest absolute Gasteiger partial charge is 0.338 e. The lowest BCUT2D eigenvalue weighted by molar-refractivity contribution is -0.341. The summed E-state index contributed by atoms with van der Waals surface area (Å²) in [4.78, 5) is 23.7. The number of ether oxygens (including phenoxy) is 5. The van der Waals surface area contributed by atoms with Gasteiger partial charge in [-0.3, -0.25) is 0 Å². The van der Waals surface area contributed by atoms with Crippen molar-refractivity contribution in [3.05, 3.63) is 59.7 Å². The zero-order valence-electron chi connectivity index (χ0n) is 22.4. The lowest BCUT2D eigenvalue weighted by Crippen LogP contribution is -2.35. The Hall–Kier alpha value is -3.97. The Morgan fingerprint density at radius 1 is 0.925 bits per heavy atom. The molecule has 0 aliphatic carbocycles. The number of unbranched alkanes of at least 4 members (excludes halogenated alkanes) is 3. The van der Waals surface area contributed by atoms with Gasteiger partial charge in [0, 0.05) is 20.4 Å². The molecule has 220 valence electrons. The number of carbonyl (C=O) groups is 1. The Balaban J connectivity index is -0.00000308. The molecule has 2 fully saturated rings. The van der Waals surface area contributed by atoms with E-state index in [1.165, 1.54) is 19.3 Å². The van der Waals surface area contributed by atoms with Crippen molar-refractivity contribution < 1.29 is 46.8 Å². The second-order valence-electron chi connectivity index (χ2n) is 9.24. The van der Waals surface area contributed by atoms with Gasteiger partial charge in [-0.15, -0.1) is 6.42 Å². The summed E-state index contributed by atoms with van der Waals surface area (Å²) in [7, 11) is 0. The largest absolute Gasteiger partial charge is 0.494 e. The summed E-state index contributed by atoms with van der Waals surface area (Å²) in [6.07, 6.45) is 10.3. The number of terminal acetylenes is 1. The highest BCUT2D eigenvalue weighted by molar-refractivity contribution is 5.89. The average molecular weight is 557 g/mol. The van der Waals surface area contributed by atoms with E-state index in [9.17, 15) is 4.79 Å². The van der Waals surface area contributed by atoms with Crippen LogP contribution < -0.4 is 9.47 Å². The Bertz CT molecular complexity index is 1280. The third-order valence-electron chi connectivity index (χ3n) is 6.34. The number of rotatable bonds is 13. The zero-order valence-corrected chi connectivity index (χ0v) is 22.4. The molecule has 0 radical (unpaired) electrons. The molecule has 2 saturated heterocycles. The third-order valence-corrected chi connectivity index (χ3v) is 6.34. The minimum atomic E-state index is -0.558. The summed E-state index contributed by atoms with van der Waals surface area (Å²) in [6, 6.07) is 14.1. The summed E-state index contributed by atoms with van der Waals surface area (Å²) in [5.74, 6) is 10.2. The van der Waals surface area contributed by atoms with E-state index in [2.05, 4.69) is 36.7 Å². The van der Waals surface area contributed by atoms with Gasteiger partial charge < -0.3 is 23.7 Å². The standard InChI is InChI=1S/C32H32O8.6H2/c1-3-5-7-9-19-34-26-15-11-24(12-16-26)21-38-40-29-23-37-30-28(22-36-31(29)30)39-32(33)25-13-17-27(18-14-25)35-20-10-8-6-4-2;;;;;;/h2,11-18,28-31H,3,5,7,9,19,21-23H2,1H3;6*1H/t28?,29-,30+,31+;;;;;;/m0....../s1. The molecule has 0 saturated carbocycles. The topological polar surface area (TPSA) is 81.7 Å². The minimum absolute atomic E-state index is 0. The van der Waals surface area contributed by atoms with Crippen LogP contribution in [0.5, 0.6) is 11.5 Å². The van der Waals surface area contributed by atoms with E-state index in [-0.39, 0.29) is 28.4 Å². The highest BCUT2D eigenvalue weighted by atomic mass is 17.2. The van der Waals surface area contributed by atoms with Gasteiger partial charge >= 0.3 is 5.97 Å². The molecule has 0 bridgehead atoms. The van der Waals surface area contributed by atoms with Gasteiger partial charge in [0.15, 0.2) is 6.10 Å². The Morgan fingerprint density at radius 2 is 1.65 bits per heavy atom. The molecule has 0 N–H and O–H groups in total. The van der Waals surface area contributed by atoms with Crippen molar-refractivity contribution in [3.8, 4) is 47.7 Å². The molecule has 2 aromatic carbocycles. The molecule has 2 aromatic rings. The van der Waals surface area contributed by atoms with Gasteiger partial charge in [-0.25, -0.2) is 14.6 Å². The number of hydrogen-bond acceptors (Lipinski definition) is 8. The Morgan fingerprint density at radius 3 is 2.40 bits per heavy atom. The van der Waals surface area contributed by atoms with Crippen molar-refractivity contribution in [2.75, 3.05) is 19.8 Å². The van der Waals surface area contributed by atoms with Crippen molar-refractivity contribution in [1.82, 2.24) is 0 Å². The van der Waals surface area contributed by atoms with E-state index < -0.39 is 30.4 Å². The summed E-state index contributed by atoms with van der Waals surface area (Å²) in [5.41, 5.74) is 1.31. The van der Waals surface area contributed by atoms with Gasteiger partial charge in [-0.1, -0.05) is 38.3 Å². The second kappa shape index (κ2) is 15.6. The van der Waals surface area contributed by atoms with Crippen molar-refractivity contribution >= 4 is 5.97 Å². The van der Waals surface area contributed by atoms with E-state index >= 15 is 0 Å². The number of benzene rings is 2. The van der Waals surface area contributed by atoms with Gasteiger partial charge in [0.1, 0.15) is 42.5 Å². The summed E-state index contributed by atoms with van der Waals surface area (Å²) < 4.78 is 28.3. The fraction of sp³-hybridized carbons (Fsp3) is 0.406. The molecule has 8 nitrogen and oxygen atoms in total. The maximum Gasteiger partial charge on any atom is 0.338 e. The molecule has 0 spiro atoms. The molecule has 8 heteroatoms. The van der Waals surface area contributed by atoms with Crippen molar-refractivity contribution in [3.63, 3.8) is 0 Å². The maximum absolute atomic E-state index is 12.7. The molecule has 2 aliphatic rings. The third kappa shape index (κ3) is 8.52. The van der Waals surface area contributed by atoms with Crippen LogP contribution in [0.2, 0.25) is 0 Å². The fourth-order valence-electron chi connectivity index (χ4n) is 4.24. The van der Waals surface area contributed by atoms with Crippen LogP contribution in [0.3, 0.4) is 0 Å². The summed E-state index contributed by atoms with van der Waals surface area (Å²) >= 11 is 0. The summed E-state index contributed by atoms with van der Waals surface area (Å²) in [5, 5.41) is 0. The van der Waals surface area contributed by atoms with E-state index in [1.54, 1.807) is 24.3 Å². The van der Waals surface area contributed by atoms with E-state index in [0.717, 1.165) is 24.3 Å². The first-order valence-corrected chi connectivity index (χ1v) is 13.3. The zero-order chi connectivity index (χ0) is 28.0. The number of fused-ring (bicyclic) bond motifs is 1. The molecule has 1 unspecified atom stereocenters. The number of esters is 1. The molecule has 2 aliphatic heterocycles. The normalized spacial score (nSPS) is 20.7. The van der Waals surface area contributed by atoms with Gasteiger partial charge in [0.2, 0.25) is 0 Å². The van der Waals surface area contributed by atoms with Crippen LogP contribution in [0.25, 0.3) is 0 Å². The van der Waals surface area contributed by atoms with Crippen molar-refractivity contribution in [2.24, 2.45) is 0 Å². The highest BCUT2D eigenvalue weighted by Gasteiger charge is 2.50. The molecule has 0 aromatic heterocycles. The van der Waals surface area contributed by atoms with Gasteiger partial charge in [0.05, 0.1) is 25.4 Å². The number of carbonyl (C=O) groups excluding carboxylic acids is 1. The predicted octanol–water partition coefficient (Wildman–Crippen LogP) is 5.94. The highest BCUT2D eigenvalue weighted by Crippen LogP contribution is 2.31. The van der Waals surface area contributed by atoms with Crippen LogP contribution in [-0.4, -0.2) is 50.2 Å². The molecular weight excluding hydrogens is 512 g/mol. The maximum atomic E-state index is 12.7. The van der Waals surface area contributed by atoms with Gasteiger partial charge in [0.25, 0.3) is 0 Å². The number of hydrogen-bond donors (Lipinski definition) is 0. The van der Waals surface area contributed by atoms with Crippen LogP contribution in [-0.2, 0) is 30.6 Å². The SMILES string of the molecule is C#CC#CC#COc1ccc(C(=O)OC2CO[C@@H]3[C@@H](OOCc4ccc(OCCCCCC)cc4)CO[C@H]23)cc1.[HH].[HH].[HH].[HH].[HH].[HH]. The van der Waals surface area contributed by atoms with Crippen LogP contribution in [0.1, 0.15) is 57.1 Å². The first-order chi connectivity index (χ1) is 19.7. The van der Waals surface area contributed by atoms with Crippen LogP contribution in [0, 0.1) is 36.2 Å². The fourth-order valence-corrected chi connectivity index (χ4v) is 4.24. The second-order valence-corrected chi connectivity index (χ2v) is 9.24. The molecular formula is C32H44O8. The Labute approximate surface area is 244 Å². The monoisotopic (exact) mass is 556 g/mol. The minimum Gasteiger partial charge on any atom is -0.494 e. The van der Waals surface area contributed by atoms with Crippen LogP contribution in [0.4, 0.5) is 0 Å². The molecule has 4 rings (SSSR count). The predicted molar refractivity (Wildman–Crippen MR) is 159 cm³/mol. The molecule has 2 heterocycles. The Kier molecular flexibility index (Phi) is 11.3. The van der Waals surface area contributed by atoms with Gasteiger partial charge in [-0.2, -0.15) is 0 Å². The van der Waals surface area contributed by atoms with E-state index in [0.29, 0.717) is 11.3 Å². The summed E-state index contributed by atoms with van der Waals surface area (Å²) in [6.45, 7) is 3.66. The van der Waals surface area contributed by atoms with Crippen LogP contribution >= 0.6 is 0 Å². The van der Waals surface area contributed by atoms with Gasteiger partial charge in [-0.05, 0) is 60.2 Å². The molecule has 0 amide bonds. The molecule has 40 heavy (non-hydrogen) atoms. The lowest BCUT2D eigenvalue weighted by Gasteiger charge is -2.17. The van der Waals surface area contributed by atoms with E-state index in [1.807, 2.05) is 24.3 Å². The average Bonchev–Trinajstić information content (AvgIpc) is 3.57. The van der Waals surface area contributed by atoms with Crippen molar-refractivity contribution in [1.29, 1.82) is 0 Å². The first-order valence-electron chi connectivity index (χ1n) is 13.3. The van der Waals surface area contributed by atoms with Crippen molar-refractivity contribution in [2.45, 2.75) is 63.6 Å². The quantitative estimate of drug-likeness (QED) is 0.0986. The molecule has 4 atom stereocenters. The van der Waals surface area contributed by atoms with E-state index in [4.69, 9.17) is 39.9 Å². The lowest BCUT2D eigenvalue weighted by atomic mass is 10.1. The van der Waals surface area contributed by atoms with Crippen LogP contribution in [0.15, 0.2) is 48.5 Å². The first kappa shape index (κ1) is 29.0.